The summed E-state index contributed by atoms with van der Waals surface area (Å²) in [6.07, 6.45) is 0. The molecule has 0 N–H and O–H groups in total. The van der Waals surface area contributed by atoms with Gasteiger partial charge in [0.05, 0.1) is 0 Å². The Bertz CT molecular complexity index is 423. The zero-order valence-electron chi connectivity index (χ0n) is 6.87. The van der Waals surface area contributed by atoms with E-state index in [0.717, 1.165) is 5.56 Å². The van der Waals surface area contributed by atoms with Gasteiger partial charge in [-0.2, -0.15) is 0 Å². The molecule has 0 amide bonds. The van der Waals surface area contributed by atoms with E-state index in [4.69, 9.17) is 11.6 Å². The van der Waals surface area contributed by atoms with Gasteiger partial charge in [0, 0.05) is 0 Å². The summed E-state index contributed by atoms with van der Waals surface area (Å²) in [5, 5.41) is 2.47. The predicted molar refractivity (Wildman–Crippen MR) is 61.5 cm³/mol. The van der Waals surface area contributed by atoms with Crippen LogP contribution in [0, 0.1) is 0 Å². The largest absolute Gasteiger partial charge is 0.113 e. The highest BCUT2D eigenvalue weighted by Crippen LogP contribution is 2.29. The van der Waals surface area contributed by atoms with Gasteiger partial charge in [-0.1, -0.05) is 52.3 Å². The molecule has 2 aromatic rings. The van der Waals surface area contributed by atoms with Crippen LogP contribution >= 0.6 is 27.5 Å². The van der Waals surface area contributed by atoms with Gasteiger partial charge in [-0.05, 0) is 22.4 Å². The van der Waals surface area contributed by atoms with Crippen LogP contribution in [0.15, 0.2) is 42.5 Å². The Morgan fingerprint density at radius 3 is 2.38 bits per heavy atom. The Morgan fingerprint density at radius 1 is 1.00 bits per heavy atom. The van der Waals surface area contributed by atoms with Gasteiger partial charge in [0.25, 0.3) is 0 Å². The molecule has 0 aliphatic heterocycles. The average Bonchev–Trinajstić information content (AvgIpc) is 2.17. The average molecular weight is 256 g/mol. The SMILES string of the molecule is ClC(Br)c1ccc2ccccc2c1. The fourth-order valence-corrected chi connectivity index (χ4v) is 1.76. The molecule has 0 aliphatic rings. The van der Waals surface area contributed by atoms with Crippen molar-refractivity contribution in [2.24, 2.45) is 0 Å². The third-order valence-corrected chi connectivity index (χ3v) is 2.81. The zero-order chi connectivity index (χ0) is 9.26. The second-order valence-electron chi connectivity index (χ2n) is 2.91. The third-order valence-electron chi connectivity index (χ3n) is 2.03. The van der Waals surface area contributed by atoms with Crippen molar-refractivity contribution in [1.82, 2.24) is 0 Å². The lowest BCUT2D eigenvalue weighted by Gasteiger charge is -2.03. The van der Waals surface area contributed by atoms with Crippen molar-refractivity contribution >= 4 is 38.3 Å². The summed E-state index contributed by atoms with van der Waals surface area (Å²) >= 11 is 9.25. The standard InChI is InChI=1S/C11H8BrCl/c12-11(13)10-6-5-8-3-1-2-4-9(8)7-10/h1-7,11H. The second kappa shape index (κ2) is 3.69. The van der Waals surface area contributed by atoms with Crippen molar-refractivity contribution < 1.29 is 0 Å². The molecular formula is C11H8BrCl. The van der Waals surface area contributed by atoms with Gasteiger partial charge in [-0.15, -0.1) is 11.6 Å². The van der Waals surface area contributed by atoms with Gasteiger partial charge in [-0.3, -0.25) is 0 Å². The van der Waals surface area contributed by atoms with E-state index in [2.05, 4.69) is 40.2 Å². The van der Waals surface area contributed by atoms with E-state index >= 15 is 0 Å². The minimum Gasteiger partial charge on any atom is -0.105 e. The van der Waals surface area contributed by atoms with Crippen molar-refractivity contribution in [2.75, 3.05) is 0 Å². The van der Waals surface area contributed by atoms with Gasteiger partial charge in [0.2, 0.25) is 0 Å². The van der Waals surface area contributed by atoms with Crippen LogP contribution in [-0.2, 0) is 0 Å². The Labute approximate surface area is 90.6 Å². The molecule has 13 heavy (non-hydrogen) atoms. The Kier molecular flexibility index (Phi) is 2.56. The molecule has 0 aliphatic carbocycles. The molecule has 1 unspecified atom stereocenters. The number of hydrogen-bond acceptors (Lipinski definition) is 0. The molecule has 0 radical (unpaired) electrons. The van der Waals surface area contributed by atoms with Crippen LogP contribution < -0.4 is 0 Å². The van der Waals surface area contributed by atoms with Crippen LogP contribution in [0.3, 0.4) is 0 Å². The lowest BCUT2D eigenvalue weighted by atomic mass is 10.1. The van der Waals surface area contributed by atoms with Crippen molar-refractivity contribution in [3.63, 3.8) is 0 Å². The van der Waals surface area contributed by atoms with Crippen LogP contribution in [0.5, 0.6) is 0 Å². The summed E-state index contributed by atoms with van der Waals surface area (Å²) in [4.78, 5) is 0. The van der Waals surface area contributed by atoms with E-state index in [-0.39, 0.29) is 4.29 Å². The van der Waals surface area contributed by atoms with E-state index in [1.807, 2.05) is 18.2 Å². The van der Waals surface area contributed by atoms with Crippen LogP contribution in [0.25, 0.3) is 10.8 Å². The molecular weight excluding hydrogens is 247 g/mol. The van der Waals surface area contributed by atoms with Crippen molar-refractivity contribution in [2.45, 2.75) is 4.29 Å². The summed E-state index contributed by atoms with van der Waals surface area (Å²) in [5.41, 5.74) is 1.10. The monoisotopic (exact) mass is 254 g/mol. The Morgan fingerprint density at radius 2 is 1.69 bits per heavy atom. The minimum absolute atomic E-state index is 0.0999. The summed E-state index contributed by atoms with van der Waals surface area (Å²) in [7, 11) is 0. The van der Waals surface area contributed by atoms with Crippen LogP contribution in [0.2, 0.25) is 0 Å². The van der Waals surface area contributed by atoms with Crippen molar-refractivity contribution in [3.05, 3.63) is 48.0 Å². The molecule has 1 atom stereocenters. The van der Waals surface area contributed by atoms with E-state index in [1.165, 1.54) is 10.8 Å². The number of halogens is 2. The summed E-state index contributed by atoms with van der Waals surface area (Å²) in [6.45, 7) is 0. The molecule has 0 bridgehead atoms. The fraction of sp³-hybridized carbons (Fsp3) is 0.0909. The van der Waals surface area contributed by atoms with Crippen LogP contribution in [0.4, 0.5) is 0 Å². The molecule has 0 fully saturated rings. The lowest BCUT2D eigenvalue weighted by Crippen LogP contribution is -1.80. The molecule has 0 nitrogen and oxygen atoms in total. The number of benzene rings is 2. The molecule has 0 heterocycles. The fourth-order valence-electron chi connectivity index (χ4n) is 1.34. The maximum absolute atomic E-state index is 5.92. The molecule has 0 saturated heterocycles. The van der Waals surface area contributed by atoms with Gasteiger partial charge < -0.3 is 0 Å². The first kappa shape index (κ1) is 9.04. The topological polar surface area (TPSA) is 0 Å². The molecule has 2 heteroatoms. The van der Waals surface area contributed by atoms with Crippen LogP contribution in [-0.4, -0.2) is 0 Å². The van der Waals surface area contributed by atoms with Gasteiger partial charge in [0.15, 0.2) is 0 Å². The highest BCUT2D eigenvalue weighted by Gasteiger charge is 2.02. The maximum atomic E-state index is 5.92. The van der Waals surface area contributed by atoms with Crippen LogP contribution in [0.1, 0.15) is 9.85 Å². The molecule has 66 valence electrons. The highest BCUT2D eigenvalue weighted by molar-refractivity contribution is 9.09. The third kappa shape index (κ3) is 1.87. The maximum Gasteiger partial charge on any atom is 0.113 e. The summed E-state index contributed by atoms with van der Waals surface area (Å²) in [6, 6.07) is 14.5. The number of alkyl halides is 2. The molecule has 2 rings (SSSR count). The normalized spacial score (nSPS) is 13.1. The molecule has 0 saturated carbocycles. The second-order valence-corrected chi connectivity index (χ2v) is 4.79. The van der Waals surface area contributed by atoms with E-state index in [0.29, 0.717) is 0 Å². The Balaban J connectivity index is 2.62. The van der Waals surface area contributed by atoms with E-state index in [9.17, 15) is 0 Å². The van der Waals surface area contributed by atoms with Crippen molar-refractivity contribution in [1.29, 1.82) is 0 Å². The van der Waals surface area contributed by atoms with E-state index in [1.54, 1.807) is 0 Å². The first-order valence-electron chi connectivity index (χ1n) is 4.04. The van der Waals surface area contributed by atoms with Gasteiger partial charge in [-0.25, -0.2) is 0 Å². The highest BCUT2D eigenvalue weighted by atomic mass is 79.9. The summed E-state index contributed by atoms with van der Waals surface area (Å²) in [5.74, 6) is 0. The number of hydrogen-bond donors (Lipinski definition) is 0. The number of fused-ring (bicyclic) bond motifs is 1. The molecule has 0 spiro atoms. The smallest absolute Gasteiger partial charge is 0.105 e. The van der Waals surface area contributed by atoms with Gasteiger partial charge >= 0.3 is 0 Å². The minimum atomic E-state index is -0.0999. The number of rotatable bonds is 1. The molecule has 2 aromatic carbocycles. The zero-order valence-corrected chi connectivity index (χ0v) is 9.22. The first-order chi connectivity index (χ1) is 6.27. The van der Waals surface area contributed by atoms with Gasteiger partial charge in [0.1, 0.15) is 4.29 Å². The summed E-state index contributed by atoms with van der Waals surface area (Å²) < 4.78 is -0.0999. The van der Waals surface area contributed by atoms with Crippen molar-refractivity contribution in [3.8, 4) is 0 Å². The lowest BCUT2D eigenvalue weighted by molar-refractivity contribution is 1.41. The predicted octanol–water partition coefficient (Wildman–Crippen LogP) is 4.47. The molecule has 0 aromatic heterocycles. The first-order valence-corrected chi connectivity index (χ1v) is 5.39. The Hall–Kier alpha value is -0.530. The quantitative estimate of drug-likeness (QED) is 0.660. The van der Waals surface area contributed by atoms with E-state index < -0.39 is 0 Å².